The number of amides is 1. The van der Waals surface area contributed by atoms with Crippen LogP contribution in [0.5, 0.6) is 0 Å². The van der Waals surface area contributed by atoms with Crippen molar-refractivity contribution >= 4 is 28.4 Å². The number of rotatable bonds is 4. The number of H-pyrrole nitrogens is 1. The Kier molecular flexibility index (Phi) is 4.07. The van der Waals surface area contributed by atoms with Crippen molar-refractivity contribution in [3.8, 4) is 0 Å². The highest BCUT2D eigenvalue weighted by molar-refractivity contribution is 5.96. The lowest BCUT2D eigenvalue weighted by molar-refractivity contribution is -0.116. The van der Waals surface area contributed by atoms with Gasteiger partial charge in [0.05, 0.1) is 11.2 Å². The summed E-state index contributed by atoms with van der Waals surface area (Å²) in [6.45, 7) is 3.43. The molecule has 0 radical (unpaired) electrons. The van der Waals surface area contributed by atoms with Gasteiger partial charge in [-0.2, -0.15) is 0 Å². The molecule has 0 saturated heterocycles. The second-order valence-corrected chi connectivity index (χ2v) is 5.56. The number of hydrogen-bond acceptors (Lipinski definition) is 4. The van der Waals surface area contributed by atoms with Crippen LogP contribution in [-0.4, -0.2) is 16.9 Å². The zero-order valence-electron chi connectivity index (χ0n) is 13.1. The monoisotopic (exact) mass is 329 g/mol. The van der Waals surface area contributed by atoms with Crippen molar-refractivity contribution in [1.29, 1.82) is 0 Å². The Morgan fingerprint density at radius 2 is 2.04 bits per heavy atom. The molecule has 0 aliphatic carbocycles. The maximum absolute atomic E-state index is 13.8. The van der Waals surface area contributed by atoms with Gasteiger partial charge in [-0.3, -0.25) is 9.78 Å². The first-order valence-electron chi connectivity index (χ1n) is 7.39. The van der Waals surface area contributed by atoms with Gasteiger partial charge in [-0.1, -0.05) is 6.07 Å². The number of anilines is 2. The van der Waals surface area contributed by atoms with Crippen LogP contribution < -0.4 is 16.4 Å². The number of aromatic amines is 1. The molecule has 0 aliphatic rings. The summed E-state index contributed by atoms with van der Waals surface area (Å²) in [4.78, 5) is 25.9. The molecule has 2 aromatic carbocycles. The molecule has 0 unspecified atom stereocenters. The standard InChI is InChI=1S/C17H16FN3O3/c1-9-3-5-13(12(18)7-9)20-16(22)10(2)19-11-4-6-15-14(8-11)21-17(23)24-15/h3-8,10,19H,1-2H3,(H,20,22)(H,21,23)/t10-/m0/s1. The van der Waals surface area contributed by atoms with Gasteiger partial charge in [0.15, 0.2) is 5.58 Å². The van der Waals surface area contributed by atoms with Crippen LogP contribution in [0.3, 0.4) is 0 Å². The average Bonchev–Trinajstić information content (AvgIpc) is 2.89. The molecule has 6 nitrogen and oxygen atoms in total. The van der Waals surface area contributed by atoms with Gasteiger partial charge in [-0.05, 0) is 49.7 Å². The third-order valence-corrected chi connectivity index (χ3v) is 3.58. The Morgan fingerprint density at radius 3 is 2.79 bits per heavy atom. The summed E-state index contributed by atoms with van der Waals surface area (Å²) in [6.07, 6.45) is 0. The zero-order chi connectivity index (χ0) is 17.3. The summed E-state index contributed by atoms with van der Waals surface area (Å²) in [7, 11) is 0. The summed E-state index contributed by atoms with van der Waals surface area (Å²) >= 11 is 0. The van der Waals surface area contributed by atoms with Crippen LogP contribution in [0.15, 0.2) is 45.6 Å². The molecule has 1 heterocycles. The van der Waals surface area contributed by atoms with Crippen molar-refractivity contribution < 1.29 is 13.6 Å². The minimum Gasteiger partial charge on any atom is -0.408 e. The number of fused-ring (bicyclic) bond motifs is 1. The molecule has 3 rings (SSSR count). The predicted octanol–water partition coefficient (Wildman–Crippen LogP) is 3.01. The molecule has 1 amide bonds. The second-order valence-electron chi connectivity index (χ2n) is 5.56. The minimum absolute atomic E-state index is 0.133. The number of halogens is 1. The first kappa shape index (κ1) is 15.8. The van der Waals surface area contributed by atoms with E-state index in [1.165, 1.54) is 12.1 Å². The second kappa shape index (κ2) is 6.19. The molecule has 1 atom stereocenters. The fraction of sp³-hybridized carbons (Fsp3) is 0.176. The van der Waals surface area contributed by atoms with Crippen LogP contribution in [0, 0.1) is 12.7 Å². The Hall–Kier alpha value is -3.09. The van der Waals surface area contributed by atoms with Crippen LogP contribution in [0.25, 0.3) is 11.1 Å². The van der Waals surface area contributed by atoms with Crippen molar-refractivity contribution in [3.63, 3.8) is 0 Å². The summed E-state index contributed by atoms with van der Waals surface area (Å²) in [5.74, 6) is -1.39. The van der Waals surface area contributed by atoms with Gasteiger partial charge in [0.25, 0.3) is 0 Å². The Labute approximate surface area is 136 Å². The maximum Gasteiger partial charge on any atom is 0.417 e. The SMILES string of the molecule is Cc1ccc(NC(=O)[C@H](C)Nc2ccc3oc(=O)[nH]c3c2)c(F)c1. The molecule has 0 fully saturated rings. The molecule has 24 heavy (non-hydrogen) atoms. The van der Waals surface area contributed by atoms with Crippen molar-refractivity contribution in [2.24, 2.45) is 0 Å². The number of aromatic nitrogens is 1. The Balaban J connectivity index is 1.71. The summed E-state index contributed by atoms with van der Waals surface area (Å²) in [5.41, 5.74) is 2.51. The van der Waals surface area contributed by atoms with E-state index in [2.05, 4.69) is 15.6 Å². The lowest BCUT2D eigenvalue weighted by atomic mass is 10.2. The molecule has 3 aromatic rings. The smallest absolute Gasteiger partial charge is 0.408 e. The van der Waals surface area contributed by atoms with Crippen LogP contribution in [0.1, 0.15) is 12.5 Å². The molecule has 0 aliphatic heterocycles. The zero-order valence-corrected chi connectivity index (χ0v) is 13.1. The van der Waals surface area contributed by atoms with Crippen molar-refractivity contribution in [2.45, 2.75) is 19.9 Å². The highest BCUT2D eigenvalue weighted by Gasteiger charge is 2.15. The number of oxazole rings is 1. The van der Waals surface area contributed by atoms with E-state index >= 15 is 0 Å². The molecular formula is C17H16FN3O3. The van der Waals surface area contributed by atoms with Crippen LogP contribution in [0.2, 0.25) is 0 Å². The minimum atomic E-state index is -0.609. The first-order chi connectivity index (χ1) is 11.4. The number of carbonyl (C=O) groups is 1. The normalized spacial score (nSPS) is 12.1. The average molecular weight is 329 g/mol. The maximum atomic E-state index is 13.8. The van der Waals surface area contributed by atoms with E-state index in [9.17, 15) is 14.0 Å². The van der Waals surface area contributed by atoms with E-state index in [0.29, 0.717) is 16.8 Å². The number of hydrogen-bond donors (Lipinski definition) is 3. The number of carbonyl (C=O) groups excluding carboxylic acids is 1. The van der Waals surface area contributed by atoms with Crippen molar-refractivity contribution in [1.82, 2.24) is 4.98 Å². The lowest BCUT2D eigenvalue weighted by Gasteiger charge is -2.15. The molecule has 7 heteroatoms. The van der Waals surface area contributed by atoms with Crippen LogP contribution >= 0.6 is 0 Å². The van der Waals surface area contributed by atoms with Crippen molar-refractivity contribution in [2.75, 3.05) is 10.6 Å². The first-order valence-corrected chi connectivity index (χ1v) is 7.39. The molecule has 0 saturated carbocycles. The fourth-order valence-corrected chi connectivity index (χ4v) is 2.32. The summed E-state index contributed by atoms with van der Waals surface area (Å²) in [6, 6.07) is 8.97. The molecular weight excluding hydrogens is 313 g/mol. The van der Waals surface area contributed by atoms with E-state index in [0.717, 1.165) is 5.56 Å². The van der Waals surface area contributed by atoms with Gasteiger partial charge in [-0.25, -0.2) is 9.18 Å². The highest BCUT2D eigenvalue weighted by Crippen LogP contribution is 2.18. The van der Waals surface area contributed by atoms with Crippen LogP contribution in [-0.2, 0) is 4.79 Å². The molecule has 0 spiro atoms. The number of aryl methyl sites for hydroxylation is 1. The van der Waals surface area contributed by atoms with Crippen LogP contribution in [0.4, 0.5) is 15.8 Å². The Bertz CT molecular complexity index is 961. The van der Waals surface area contributed by atoms with Gasteiger partial charge < -0.3 is 15.1 Å². The topological polar surface area (TPSA) is 87.1 Å². The van der Waals surface area contributed by atoms with E-state index in [1.54, 1.807) is 38.1 Å². The quantitative estimate of drug-likeness (QED) is 0.687. The van der Waals surface area contributed by atoms with Crippen molar-refractivity contribution in [3.05, 3.63) is 58.3 Å². The van der Waals surface area contributed by atoms with E-state index in [4.69, 9.17) is 4.42 Å². The van der Waals surface area contributed by atoms with E-state index < -0.39 is 17.6 Å². The van der Waals surface area contributed by atoms with Gasteiger partial charge in [0.2, 0.25) is 5.91 Å². The van der Waals surface area contributed by atoms with Gasteiger partial charge in [0.1, 0.15) is 11.9 Å². The van der Waals surface area contributed by atoms with E-state index in [1.807, 2.05) is 0 Å². The largest absolute Gasteiger partial charge is 0.417 e. The third-order valence-electron chi connectivity index (χ3n) is 3.58. The summed E-state index contributed by atoms with van der Waals surface area (Å²) in [5, 5.41) is 5.54. The lowest BCUT2D eigenvalue weighted by Crippen LogP contribution is -2.32. The molecule has 3 N–H and O–H groups in total. The predicted molar refractivity (Wildman–Crippen MR) is 89.7 cm³/mol. The molecule has 1 aromatic heterocycles. The van der Waals surface area contributed by atoms with Gasteiger partial charge in [0, 0.05) is 5.69 Å². The van der Waals surface area contributed by atoms with E-state index in [-0.39, 0.29) is 11.6 Å². The third kappa shape index (κ3) is 3.29. The highest BCUT2D eigenvalue weighted by atomic mass is 19.1. The number of nitrogens with one attached hydrogen (secondary N) is 3. The van der Waals surface area contributed by atoms with Gasteiger partial charge >= 0.3 is 5.76 Å². The number of benzene rings is 2. The summed E-state index contributed by atoms with van der Waals surface area (Å²) < 4.78 is 18.7. The fourth-order valence-electron chi connectivity index (χ4n) is 2.32. The molecule has 124 valence electrons. The molecule has 0 bridgehead atoms. The Morgan fingerprint density at radius 1 is 1.25 bits per heavy atom. The van der Waals surface area contributed by atoms with Gasteiger partial charge in [-0.15, -0.1) is 0 Å².